The van der Waals surface area contributed by atoms with Crippen molar-refractivity contribution in [1.82, 2.24) is 9.80 Å². The van der Waals surface area contributed by atoms with Crippen molar-refractivity contribution < 1.29 is 24.2 Å². The number of amides is 2. The molecule has 7 heteroatoms. The minimum Gasteiger partial charge on any atom is -0.497 e. The second-order valence-electron chi connectivity index (χ2n) is 6.50. The summed E-state index contributed by atoms with van der Waals surface area (Å²) in [6.07, 6.45) is 3.07. The van der Waals surface area contributed by atoms with Gasteiger partial charge < -0.3 is 19.6 Å². The van der Waals surface area contributed by atoms with E-state index < -0.39 is 5.97 Å². The Morgan fingerprint density at radius 2 is 1.60 bits per heavy atom. The first-order valence-corrected chi connectivity index (χ1v) is 8.50. The van der Waals surface area contributed by atoms with Crippen LogP contribution in [0.2, 0.25) is 0 Å². The lowest BCUT2D eigenvalue weighted by Gasteiger charge is -2.38. The molecule has 0 bridgehead atoms. The molecule has 0 spiro atoms. The Kier molecular flexibility index (Phi) is 4.92. The zero-order valence-electron chi connectivity index (χ0n) is 14.2. The van der Waals surface area contributed by atoms with Crippen LogP contribution in [0.1, 0.15) is 40.0 Å². The molecule has 1 aromatic carbocycles. The van der Waals surface area contributed by atoms with Gasteiger partial charge in [-0.1, -0.05) is 6.42 Å². The number of nitrogens with zero attached hydrogens (tertiary/aromatic N) is 2. The van der Waals surface area contributed by atoms with Crippen LogP contribution in [0.15, 0.2) is 18.2 Å². The summed E-state index contributed by atoms with van der Waals surface area (Å²) in [5.74, 6) is -0.644. The molecule has 2 amide bonds. The molecule has 1 saturated heterocycles. The Balaban J connectivity index is 1.67. The van der Waals surface area contributed by atoms with Crippen LogP contribution in [0.4, 0.5) is 0 Å². The van der Waals surface area contributed by atoms with Gasteiger partial charge >= 0.3 is 5.97 Å². The van der Waals surface area contributed by atoms with E-state index in [9.17, 15) is 19.5 Å². The second-order valence-corrected chi connectivity index (χ2v) is 6.50. The van der Waals surface area contributed by atoms with E-state index >= 15 is 0 Å². The maximum Gasteiger partial charge on any atom is 0.335 e. The molecule has 1 saturated carbocycles. The average molecular weight is 346 g/mol. The number of rotatable bonds is 4. The van der Waals surface area contributed by atoms with Gasteiger partial charge in [-0.25, -0.2) is 4.79 Å². The number of methoxy groups -OCH3 is 1. The lowest BCUT2D eigenvalue weighted by atomic mass is 9.84. The molecule has 0 radical (unpaired) electrons. The fraction of sp³-hybridized carbons (Fsp3) is 0.500. The Labute approximate surface area is 146 Å². The highest BCUT2D eigenvalue weighted by atomic mass is 16.5. The van der Waals surface area contributed by atoms with Crippen molar-refractivity contribution >= 4 is 17.8 Å². The molecule has 1 aromatic rings. The molecule has 1 N–H and O–H groups in total. The zero-order chi connectivity index (χ0) is 18.0. The van der Waals surface area contributed by atoms with Crippen LogP contribution in [-0.4, -0.2) is 66.0 Å². The third-order valence-electron chi connectivity index (χ3n) is 4.97. The third kappa shape index (κ3) is 3.60. The van der Waals surface area contributed by atoms with Gasteiger partial charge in [0.05, 0.1) is 12.7 Å². The van der Waals surface area contributed by atoms with Crippen LogP contribution < -0.4 is 4.74 Å². The molecular weight excluding hydrogens is 324 g/mol. The minimum atomic E-state index is -1.11. The number of ether oxygens (including phenoxy) is 1. The smallest absolute Gasteiger partial charge is 0.335 e. The number of hydrogen-bond acceptors (Lipinski definition) is 4. The van der Waals surface area contributed by atoms with E-state index in [0.717, 1.165) is 19.3 Å². The third-order valence-corrected chi connectivity index (χ3v) is 4.97. The molecule has 2 fully saturated rings. The molecule has 1 aliphatic carbocycles. The van der Waals surface area contributed by atoms with Gasteiger partial charge in [0.15, 0.2) is 0 Å². The van der Waals surface area contributed by atoms with Gasteiger partial charge in [-0.3, -0.25) is 9.59 Å². The number of carbonyl (C=O) groups is 3. The molecular formula is C18H22N2O5. The molecule has 3 rings (SSSR count). The summed E-state index contributed by atoms with van der Waals surface area (Å²) in [5, 5.41) is 9.17. The molecule has 0 atom stereocenters. The highest BCUT2D eigenvalue weighted by Crippen LogP contribution is 2.28. The van der Waals surface area contributed by atoms with Crippen molar-refractivity contribution in [3.05, 3.63) is 29.3 Å². The molecule has 25 heavy (non-hydrogen) atoms. The van der Waals surface area contributed by atoms with Gasteiger partial charge in [-0.15, -0.1) is 0 Å². The van der Waals surface area contributed by atoms with Crippen LogP contribution in [0.5, 0.6) is 5.75 Å². The molecule has 0 aromatic heterocycles. The largest absolute Gasteiger partial charge is 0.497 e. The van der Waals surface area contributed by atoms with Crippen LogP contribution in [0.25, 0.3) is 0 Å². The van der Waals surface area contributed by atoms with Crippen molar-refractivity contribution in [3.8, 4) is 5.75 Å². The van der Waals surface area contributed by atoms with Gasteiger partial charge in [-0.05, 0) is 31.0 Å². The number of benzene rings is 1. The van der Waals surface area contributed by atoms with Gasteiger partial charge in [0, 0.05) is 37.7 Å². The average Bonchev–Trinajstić information content (AvgIpc) is 2.59. The second kappa shape index (κ2) is 7.13. The molecule has 1 heterocycles. The number of carbonyl (C=O) groups excluding carboxylic acids is 2. The van der Waals surface area contributed by atoms with Crippen LogP contribution in [0, 0.1) is 5.92 Å². The van der Waals surface area contributed by atoms with Crippen LogP contribution >= 0.6 is 0 Å². The summed E-state index contributed by atoms with van der Waals surface area (Å²) in [7, 11) is 1.43. The molecule has 2 aliphatic rings. The first-order chi connectivity index (χ1) is 12.0. The zero-order valence-corrected chi connectivity index (χ0v) is 14.2. The molecule has 7 nitrogen and oxygen atoms in total. The van der Waals surface area contributed by atoms with Crippen LogP contribution in [-0.2, 0) is 4.79 Å². The number of piperazine rings is 1. The van der Waals surface area contributed by atoms with E-state index in [0.29, 0.717) is 31.9 Å². The first-order valence-electron chi connectivity index (χ1n) is 8.50. The highest BCUT2D eigenvalue weighted by Gasteiger charge is 2.32. The normalized spacial score (nSPS) is 17.8. The quantitative estimate of drug-likeness (QED) is 0.892. The minimum absolute atomic E-state index is 0.0153. The van der Waals surface area contributed by atoms with E-state index in [4.69, 9.17) is 4.74 Å². The molecule has 0 unspecified atom stereocenters. The number of aromatic carboxylic acids is 1. The summed E-state index contributed by atoms with van der Waals surface area (Å²) in [5.41, 5.74) is 0.303. The summed E-state index contributed by atoms with van der Waals surface area (Å²) < 4.78 is 5.09. The van der Waals surface area contributed by atoms with Crippen molar-refractivity contribution in [1.29, 1.82) is 0 Å². The van der Waals surface area contributed by atoms with E-state index in [1.165, 1.54) is 19.2 Å². The predicted molar refractivity (Wildman–Crippen MR) is 89.8 cm³/mol. The fourth-order valence-electron chi connectivity index (χ4n) is 3.19. The van der Waals surface area contributed by atoms with Gasteiger partial charge in [0.1, 0.15) is 5.75 Å². The SMILES string of the molecule is COc1cc(C(=O)O)cc(C(=O)N2CCN(C(=O)C3CCC3)CC2)c1. The Morgan fingerprint density at radius 3 is 2.12 bits per heavy atom. The predicted octanol–water partition coefficient (Wildman–Crippen LogP) is 1.48. The van der Waals surface area contributed by atoms with E-state index in [2.05, 4.69) is 0 Å². The summed E-state index contributed by atoms with van der Waals surface area (Å²) in [6.45, 7) is 1.96. The Hall–Kier alpha value is -2.57. The van der Waals surface area contributed by atoms with Crippen molar-refractivity contribution in [2.24, 2.45) is 5.92 Å². The van der Waals surface area contributed by atoms with E-state index in [-0.39, 0.29) is 28.9 Å². The standard InChI is InChI=1S/C18H22N2O5/c1-25-15-10-13(9-14(11-15)18(23)24)17(22)20-7-5-19(6-8-20)16(21)12-3-2-4-12/h9-12H,2-8H2,1H3,(H,23,24). The van der Waals surface area contributed by atoms with Gasteiger partial charge in [0.2, 0.25) is 5.91 Å². The van der Waals surface area contributed by atoms with Crippen molar-refractivity contribution in [2.75, 3.05) is 33.3 Å². The Morgan fingerprint density at radius 1 is 1.00 bits per heavy atom. The summed E-state index contributed by atoms with van der Waals surface area (Å²) in [4.78, 5) is 39.7. The van der Waals surface area contributed by atoms with Gasteiger partial charge in [-0.2, -0.15) is 0 Å². The van der Waals surface area contributed by atoms with E-state index in [1.807, 2.05) is 4.90 Å². The topological polar surface area (TPSA) is 87.2 Å². The molecule has 1 aliphatic heterocycles. The van der Waals surface area contributed by atoms with Crippen molar-refractivity contribution in [2.45, 2.75) is 19.3 Å². The summed E-state index contributed by atoms with van der Waals surface area (Å²) in [6, 6.07) is 4.29. The number of carboxylic acid groups (broad SMARTS) is 1. The van der Waals surface area contributed by atoms with Crippen LogP contribution in [0.3, 0.4) is 0 Å². The Bertz CT molecular complexity index is 691. The molecule has 134 valence electrons. The maximum atomic E-state index is 12.7. The highest BCUT2D eigenvalue weighted by molar-refractivity contribution is 5.98. The van der Waals surface area contributed by atoms with Crippen molar-refractivity contribution in [3.63, 3.8) is 0 Å². The van der Waals surface area contributed by atoms with Gasteiger partial charge in [0.25, 0.3) is 5.91 Å². The lowest BCUT2D eigenvalue weighted by molar-refractivity contribution is -0.139. The van der Waals surface area contributed by atoms with E-state index in [1.54, 1.807) is 11.0 Å². The maximum absolute atomic E-state index is 12.7. The lowest BCUT2D eigenvalue weighted by Crippen LogP contribution is -2.52. The number of carboxylic acids is 1. The summed E-state index contributed by atoms with van der Waals surface area (Å²) >= 11 is 0. The monoisotopic (exact) mass is 346 g/mol. The first kappa shape index (κ1) is 17.3. The fourth-order valence-corrected chi connectivity index (χ4v) is 3.19. The number of hydrogen-bond donors (Lipinski definition) is 1.